The Morgan fingerprint density at radius 2 is 2.17 bits per heavy atom. The van der Waals surface area contributed by atoms with Gasteiger partial charge in [0.25, 0.3) is 0 Å². The first-order valence-corrected chi connectivity index (χ1v) is 6.09. The van der Waals surface area contributed by atoms with Crippen molar-refractivity contribution in [2.45, 2.75) is 6.10 Å². The molecular formula is C11H10BrN3O3. The summed E-state index contributed by atoms with van der Waals surface area (Å²) in [6.07, 6.45) is -0.825. The maximum absolute atomic E-state index is 10.3. The van der Waals surface area contributed by atoms with Crippen LogP contribution in [0.1, 0.15) is 17.4 Å². The third-order valence-corrected chi connectivity index (χ3v) is 3.36. The zero-order valence-corrected chi connectivity index (χ0v) is 11.1. The molecule has 0 spiro atoms. The van der Waals surface area contributed by atoms with Crippen molar-refractivity contribution in [2.24, 2.45) is 7.05 Å². The van der Waals surface area contributed by atoms with Crippen LogP contribution in [0.5, 0.6) is 11.5 Å². The second-order valence-electron chi connectivity index (χ2n) is 3.90. The van der Waals surface area contributed by atoms with Gasteiger partial charge in [-0.05, 0) is 33.6 Å². The van der Waals surface area contributed by atoms with Gasteiger partial charge in [0.2, 0.25) is 6.79 Å². The van der Waals surface area contributed by atoms with E-state index in [1.54, 1.807) is 25.2 Å². The number of hydrogen-bond donors (Lipinski definition) is 1. The summed E-state index contributed by atoms with van der Waals surface area (Å²) in [6.45, 7) is 0.214. The molecule has 1 aliphatic heterocycles. The lowest BCUT2D eigenvalue weighted by atomic mass is 10.1. The molecule has 6 nitrogen and oxygen atoms in total. The normalized spacial score (nSPS) is 14.8. The number of aliphatic hydroxyl groups excluding tert-OH is 1. The molecule has 0 saturated carbocycles. The van der Waals surface area contributed by atoms with Crippen molar-refractivity contribution in [2.75, 3.05) is 6.79 Å². The fraction of sp³-hybridized carbons (Fsp3) is 0.273. The number of benzene rings is 1. The van der Waals surface area contributed by atoms with Crippen LogP contribution in [0.4, 0.5) is 0 Å². The summed E-state index contributed by atoms with van der Waals surface area (Å²) in [5.41, 5.74) is 1.29. The Kier molecular flexibility index (Phi) is 2.71. The molecule has 0 radical (unpaired) electrons. The maximum Gasteiger partial charge on any atom is 0.231 e. The summed E-state index contributed by atoms with van der Waals surface area (Å²) in [7, 11) is 1.73. The number of halogens is 1. The Bertz CT molecular complexity index is 580. The number of aryl methyl sites for hydroxylation is 1. The van der Waals surface area contributed by atoms with Crippen LogP contribution in [0, 0.1) is 0 Å². The highest BCUT2D eigenvalue weighted by Gasteiger charge is 2.22. The molecule has 0 saturated heterocycles. The van der Waals surface area contributed by atoms with Gasteiger partial charge in [-0.25, -0.2) is 4.68 Å². The Hall–Kier alpha value is -1.60. The fourth-order valence-corrected chi connectivity index (χ4v) is 2.41. The number of ether oxygens (including phenoxy) is 2. The lowest BCUT2D eigenvalue weighted by molar-refractivity contribution is 0.173. The zero-order valence-electron chi connectivity index (χ0n) is 9.50. The SMILES string of the molecule is Cn1nnc(Br)c1C(O)c1ccc2c(c1)OCO2. The van der Waals surface area contributed by atoms with E-state index in [0.717, 1.165) is 0 Å². The third-order valence-electron chi connectivity index (χ3n) is 2.80. The Morgan fingerprint density at radius 3 is 2.89 bits per heavy atom. The second-order valence-corrected chi connectivity index (χ2v) is 4.66. The number of aliphatic hydroxyl groups is 1. The summed E-state index contributed by atoms with van der Waals surface area (Å²) in [4.78, 5) is 0. The maximum atomic E-state index is 10.3. The molecule has 1 aromatic heterocycles. The Labute approximate surface area is 111 Å². The van der Waals surface area contributed by atoms with Crippen LogP contribution in [0.3, 0.4) is 0 Å². The first-order chi connectivity index (χ1) is 8.66. The average molecular weight is 312 g/mol. The van der Waals surface area contributed by atoms with Gasteiger partial charge in [0.1, 0.15) is 11.8 Å². The van der Waals surface area contributed by atoms with Gasteiger partial charge in [-0.3, -0.25) is 0 Å². The molecule has 18 heavy (non-hydrogen) atoms. The van der Waals surface area contributed by atoms with Crippen LogP contribution < -0.4 is 9.47 Å². The Morgan fingerprint density at radius 1 is 1.39 bits per heavy atom. The van der Waals surface area contributed by atoms with Crippen molar-refractivity contribution in [3.05, 3.63) is 34.1 Å². The molecule has 7 heteroatoms. The quantitative estimate of drug-likeness (QED) is 0.907. The largest absolute Gasteiger partial charge is 0.454 e. The molecule has 94 valence electrons. The molecular weight excluding hydrogens is 302 g/mol. The van der Waals surface area contributed by atoms with Crippen LogP contribution >= 0.6 is 15.9 Å². The number of fused-ring (bicyclic) bond motifs is 1. The zero-order chi connectivity index (χ0) is 12.7. The molecule has 3 rings (SSSR count). The molecule has 1 atom stereocenters. The molecule has 0 amide bonds. The Balaban J connectivity index is 2.00. The smallest absolute Gasteiger partial charge is 0.231 e. The standard InChI is InChI=1S/C11H10BrN3O3/c1-15-9(11(12)13-14-15)10(16)6-2-3-7-8(4-6)18-5-17-7/h2-4,10,16H,5H2,1H3. The molecule has 1 aliphatic rings. The monoisotopic (exact) mass is 311 g/mol. The van der Waals surface area contributed by atoms with Crippen molar-refractivity contribution in [3.63, 3.8) is 0 Å². The molecule has 0 aliphatic carbocycles. The van der Waals surface area contributed by atoms with Crippen LogP contribution in [-0.2, 0) is 7.05 Å². The van der Waals surface area contributed by atoms with E-state index in [9.17, 15) is 5.11 Å². The number of hydrogen-bond acceptors (Lipinski definition) is 5. The van der Waals surface area contributed by atoms with E-state index in [-0.39, 0.29) is 6.79 Å². The minimum atomic E-state index is -0.825. The number of rotatable bonds is 2. The molecule has 1 N–H and O–H groups in total. The topological polar surface area (TPSA) is 69.4 Å². The third kappa shape index (κ3) is 1.75. The molecule has 2 aromatic rings. The van der Waals surface area contributed by atoms with Crippen molar-refractivity contribution < 1.29 is 14.6 Å². The van der Waals surface area contributed by atoms with Gasteiger partial charge < -0.3 is 14.6 Å². The summed E-state index contributed by atoms with van der Waals surface area (Å²) in [6, 6.07) is 5.32. The van der Waals surface area contributed by atoms with Gasteiger partial charge >= 0.3 is 0 Å². The number of nitrogens with zero attached hydrogens (tertiary/aromatic N) is 3. The lowest BCUT2D eigenvalue weighted by Gasteiger charge is -2.11. The summed E-state index contributed by atoms with van der Waals surface area (Å²) < 4.78 is 12.6. The van der Waals surface area contributed by atoms with Crippen molar-refractivity contribution in [1.82, 2.24) is 15.0 Å². The molecule has 0 fully saturated rings. The van der Waals surface area contributed by atoms with E-state index in [1.165, 1.54) is 4.68 Å². The molecule has 0 bridgehead atoms. The molecule has 1 unspecified atom stereocenters. The summed E-state index contributed by atoms with van der Waals surface area (Å²) in [5.74, 6) is 1.32. The van der Waals surface area contributed by atoms with Crippen LogP contribution in [0.2, 0.25) is 0 Å². The van der Waals surface area contributed by atoms with Gasteiger partial charge in [0.05, 0.1) is 0 Å². The van der Waals surface area contributed by atoms with E-state index in [2.05, 4.69) is 26.2 Å². The first-order valence-electron chi connectivity index (χ1n) is 5.29. The van der Waals surface area contributed by atoms with Crippen molar-refractivity contribution >= 4 is 15.9 Å². The van der Waals surface area contributed by atoms with Crippen molar-refractivity contribution in [1.29, 1.82) is 0 Å². The highest BCUT2D eigenvalue weighted by Crippen LogP contribution is 2.36. The van der Waals surface area contributed by atoms with E-state index in [4.69, 9.17) is 9.47 Å². The summed E-state index contributed by atoms with van der Waals surface area (Å²) >= 11 is 3.27. The minimum absolute atomic E-state index is 0.214. The van der Waals surface area contributed by atoms with E-state index in [1.807, 2.05) is 0 Å². The van der Waals surface area contributed by atoms with Gasteiger partial charge in [0, 0.05) is 7.05 Å². The van der Waals surface area contributed by atoms with Crippen molar-refractivity contribution in [3.8, 4) is 11.5 Å². The van der Waals surface area contributed by atoms with Crippen LogP contribution in [0.15, 0.2) is 22.8 Å². The minimum Gasteiger partial charge on any atom is -0.454 e. The fourth-order valence-electron chi connectivity index (χ4n) is 1.87. The predicted octanol–water partition coefficient (Wildman–Crippen LogP) is 1.39. The van der Waals surface area contributed by atoms with Gasteiger partial charge in [-0.15, -0.1) is 5.10 Å². The highest BCUT2D eigenvalue weighted by atomic mass is 79.9. The number of aromatic nitrogens is 3. The average Bonchev–Trinajstić information content (AvgIpc) is 2.94. The first kappa shape index (κ1) is 11.5. The highest BCUT2D eigenvalue weighted by molar-refractivity contribution is 9.10. The van der Waals surface area contributed by atoms with Gasteiger partial charge in [-0.1, -0.05) is 11.3 Å². The van der Waals surface area contributed by atoms with E-state index >= 15 is 0 Å². The second kappa shape index (κ2) is 4.25. The van der Waals surface area contributed by atoms with E-state index < -0.39 is 6.10 Å². The lowest BCUT2D eigenvalue weighted by Crippen LogP contribution is -2.07. The molecule has 1 aromatic carbocycles. The van der Waals surface area contributed by atoms with Crippen LogP contribution in [0.25, 0.3) is 0 Å². The van der Waals surface area contributed by atoms with Crippen LogP contribution in [-0.4, -0.2) is 26.9 Å². The summed E-state index contributed by atoms with van der Waals surface area (Å²) in [5, 5.41) is 18.0. The van der Waals surface area contributed by atoms with E-state index in [0.29, 0.717) is 27.4 Å². The van der Waals surface area contributed by atoms with Gasteiger partial charge in [0.15, 0.2) is 16.1 Å². The van der Waals surface area contributed by atoms with Gasteiger partial charge in [-0.2, -0.15) is 0 Å². The predicted molar refractivity (Wildman–Crippen MR) is 65.3 cm³/mol. The molecule has 2 heterocycles.